The van der Waals surface area contributed by atoms with E-state index in [1.807, 2.05) is 0 Å². The number of hydrogen-bond acceptors (Lipinski definition) is 5. The fourth-order valence-corrected chi connectivity index (χ4v) is 9.55. The van der Waals surface area contributed by atoms with Gasteiger partial charge in [-0.3, -0.25) is 9.59 Å². The first kappa shape index (κ1) is 66.3. The van der Waals surface area contributed by atoms with Crippen LogP contribution in [0.15, 0.2) is 24.3 Å². The first-order chi connectivity index (χ1) is 33.5. The number of nitrogens with one attached hydrogen (secondary N) is 1. The average molecular weight is 959 g/mol. The van der Waals surface area contributed by atoms with Crippen molar-refractivity contribution in [2.75, 3.05) is 13.2 Å². The standard InChI is InChI=1S/C62H119NO5/c1-3-5-7-9-11-13-15-17-19-21-23-24-25-26-27-28-29-31-33-35-38-42-46-50-54-60(65)59(58-64)63-61(66)55-51-47-43-39-37-41-45-49-53-57-68-62(67)56-52-48-44-40-36-34-32-30-22-20-18-16-14-12-10-8-6-4-2/h14,16,20,22,59-60,64-65H,3-13,15,17-19,21,23-58H2,1-2H3,(H,63,66)/b16-14-,22-20-. The van der Waals surface area contributed by atoms with Crippen molar-refractivity contribution in [3.05, 3.63) is 24.3 Å². The van der Waals surface area contributed by atoms with Crippen molar-refractivity contribution in [2.24, 2.45) is 0 Å². The van der Waals surface area contributed by atoms with Gasteiger partial charge in [0.1, 0.15) is 0 Å². The molecule has 0 aromatic rings. The van der Waals surface area contributed by atoms with E-state index < -0.39 is 12.1 Å². The van der Waals surface area contributed by atoms with Crippen molar-refractivity contribution in [1.82, 2.24) is 5.32 Å². The number of esters is 1. The molecular weight excluding hydrogens is 839 g/mol. The van der Waals surface area contributed by atoms with Crippen molar-refractivity contribution in [3.8, 4) is 0 Å². The third kappa shape index (κ3) is 53.7. The fraction of sp³-hybridized carbons (Fsp3) is 0.903. The molecule has 6 nitrogen and oxygen atoms in total. The van der Waals surface area contributed by atoms with Gasteiger partial charge in [0.25, 0.3) is 0 Å². The first-order valence-electron chi connectivity index (χ1n) is 30.6. The number of amides is 1. The molecule has 0 radical (unpaired) electrons. The van der Waals surface area contributed by atoms with Gasteiger partial charge in [-0.2, -0.15) is 0 Å². The number of allylic oxidation sites excluding steroid dienone is 4. The quantitative estimate of drug-likeness (QED) is 0.0321. The Morgan fingerprint density at radius 3 is 1.13 bits per heavy atom. The molecule has 0 aromatic heterocycles. The summed E-state index contributed by atoms with van der Waals surface area (Å²) in [7, 11) is 0. The highest BCUT2D eigenvalue weighted by molar-refractivity contribution is 5.76. The zero-order valence-electron chi connectivity index (χ0n) is 45.9. The summed E-state index contributed by atoms with van der Waals surface area (Å²) >= 11 is 0. The molecule has 0 heterocycles. The summed E-state index contributed by atoms with van der Waals surface area (Å²) in [4.78, 5) is 24.6. The second-order valence-corrected chi connectivity index (χ2v) is 21.0. The van der Waals surface area contributed by atoms with Gasteiger partial charge >= 0.3 is 5.97 Å². The minimum absolute atomic E-state index is 0.0310. The number of carbonyl (C=O) groups is 2. The normalized spacial score (nSPS) is 12.7. The van der Waals surface area contributed by atoms with Crippen LogP contribution in [0.1, 0.15) is 335 Å². The number of rotatable bonds is 57. The molecule has 0 spiro atoms. The summed E-state index contributed by atoms with van der Waals surface area (Å²) in [6.45, 7) is 4.90. The predicted molar refractivity (Wildman–Crippen MR) is 296 cm³/mol. The van der Waals surface area contributed by atoms with E-state index in [9.17, 15) is 19.8 Å². The Bertz CT molecular complexity index is 1060. The van der Waals surface area contributed by atoms with Crippen molar-refractivity contribution in [3.63, 3.8) is 0 Å². The van der Waals surface area contributed by atoms with Gasteiger partial charge in [0.05, 0.1) is 25.4 Å². The SMILES string of the molecule is CCCCCC/C=C\C/C=C\CCCCCCCCCC(=O)OCCCCCCCCCCCC(=O)NC(CO)C(O)CCCCCCCCCCCCCCCCCCCCCCCCCC. The molecule has 2 unspecified atom stereocenters. The third-order valence-electron chi connectivity index (χ3n) is 14.3. The van der Waals surface area contributed by atoms with Crippen LogP contribution in [0.2, 0.25) is 0 Å². The van der Waals surface area contributed by atoms with Crippen LogP contribution in [0.4, 0.5) is 0 Å². The van der Waals surface area contributed by atoms with Gasteiger partial charge in [-0.1, -0.05) is 289 Å². The maximum Gasteiger partial charge on any atom is 0.305 e. The summed E-state index contributed by atoms with van der Waals surface area (Å²) in [6.07, 6.45) is 70.3. The van der Waals surface area contributed by atoms with Crippen molar-refractivity contribution in [1.29, 1.82) is 0 Å². The highest BCUT2D eigenvalue weighted by atomic mass is 16.5. The van der Waals surface area contributed by atoms with E-state index >= 15 is 0 Å². The van der Waals surface area contributed by atoms with E-state index in [0.29, 0.717) is 25.9 Å². The minimum Gasteiger partial charge on any atom is -0.466 e. The molecule has 0 saturated heterocycles. The molecular formula is C62H119NO5. The van der Waals surface area contributed by atoms with Crippen LogP contribution in [0.25, 0.3) is 0 Å². The van der Waals surface area contributed by atoms with Gasteiger partial charge in [0.2, 0.25) is 5.91 Å². The van der Waals surface area contributed by atoms with Gasteiger partial charge in [0, 0.05) is 12.8 Å². The molecule has 0 aliphatic heterocycles. The number of aliphatic hydroxyl groups excluding tert-OH is 2. The Kier molecular flexibility index (Phi) is 56.5. The molecule has 6 heteroatoms. The monoisotopic (exact) mass is 958 g/mol. The van der Waals surface area contributed by atoms with Gasteiger partial charge < -0.3 is 20.3 Å². The molecule has 0 aliphatic rings. The van der Waals surface area contributed by atoms with Crippen LogP contribution in [0, 0.1) is 0 Å². The highest BCUT2D eigenvalue weighted by Gasteiger charge is 2.20. The van der Waals surface area contributed by atoms with Crippen LogP contribution >= 0.6 is 0 Å². The summed E-state index contributed by atoms with van der Waals surface area (Å²) in [5.41, 5.74) is 0. The first-order valence-corrected chi connectivity index (χ1v) is 30.6. The lowest BCUT2D eigenvalue weighted by Gasteiger charge is -2.22. The zero-order chi connectivity index (χ0) is 49.3. The molecule has 2 atom stereocenters. The number of carbonyl (C=O) groups excluding carboxylic acids is 2. The van der Waals surface area contributed by atoms with Gasteiger partial charge in [0.15, 0.2) is 0 Å². The molecule has 0 aliphatic carbocycles. The van der Waals surface area contributed by atoms with Crippen molar-refractivity contribution >= 4 is 11.9 Å². The number of unbranched alkanes of at least 4 members (excludes halogenated alkanes) is 42. The Morgan fingerprint density at radius 1 is 0.412 bits per heavy atom. The number of hydrogen-bond donors (Lipinski definition) is 3. The van der Waals surface area contributed by atoms with Crippen LogP contribution in [-0.4, -0.2) is 47.4 Å². The van der Waals surface area contributed by atoms with Crippen LogP contribution < -0.4 is 5.32 Å². The maximum atomic E-state index is 12.5. The molecule has 402 valence electrons. The minimum atomic E-state index is -0.684. The van der Waals surface area contributed by atoms with Crippen molar-refractivity contribution in [2.45, 2.75) is 347 Å². The lowest BCUT2D eigenvalue weighted by molar-refractivity contribution is -0.143. The van der Waals surface area contributed by atoms with Crippen LogP contribution in [-0.2, 0) is 14.3 Å². The van der Waals surface area contributed by atoms with E-state index in [4.69, 9.17) is 4.74 Å². The Hall–Kier alpha value is -1.66. The Labute approximate surface area is 424 Å². The number of ether oxygens (including phenoxy) is 1. The molecule has 0 aromatic carbocycles. The summed E-state index contributed by atoms with van der Waals surface area (Å²) in [5, 5.41) is 23.4. The second kappa shape index (κ2) is 57.9. The highest BCUT2D eigenvalue weighted by Crippen LogP contribution is 2.18. The molecule has 68 heavy (non-hydrogen) atoms. The maximum absolute atomic E-state index is 12.5. The zero-order valence-corrected chi connectivity index (χ0v) is 45.9. The van der Waals surface area contributed by atoms with E-state index in [1.54, 1.807) is 0 Å². The molecule has 0 saturated carbocycles. The largest absolute Gasteiger partial charge is 0.466 e. The average Bonchev–Trinajstić information content (AvgIpc) is 3.34. The molecule has 3 N–H and O–H groups in total. The third-order valence-corrected chi connectivity index (χ3v) is 14.3. The van der Waals surface area contributed by atoms with Gasteiger partial charge in [-0.15, -0.1) is 0 Å². The summed E-state index contributed by atoms with van der Waals surface area (Å²) in [6, 6.07) is -0.564. The lowest BCUT2D eigenvalue weighted by Crippen LogP contribution is -2.45. The van der Waals surface area contributed by atoms with E-state index in [1.165, 1.54) is 238 Å². The molecule has 1 amide bonds. The van der Waals surface area contributed by atoms with Crippen molar-refractivity contribution < 1.29 is 24.5 Å². The van der Waals surface area contributed by atoms with E-state index in [0.717, 1.165) is 64.2 Å². The molecule has 0 fully saturated rings. The van der Waals surface area contributed by atoms with Crippen LogP contribution in [0.5, 0.6) is 0 Å². The lowest BCUT2D eigenvalue weighted by atomic mass is 10.0. The van der Waals surface area contributed by atoms with E-state index in [2.05, 4.69) is 43.5 Å². The Balaban J connectivity index is 3.46. The van der Waals surface area contributed by atoms with Crippen LogP contribution in [0.3, 0.4) is 0 Å². The van der Waals surface area contributed by atoms with Gasteiger partial charge in [-0.25, -0.2) is 0 Å². The second-order valence-electron chi connectivity index (χ2n) is 21.0. The van der Waals surface area contributed by atoms with Gasteiger partial charge in [-0.05, 0) is 57.8 Å². The molecule has 0 bridgehead atoms. The fourth-order valence-electron chi connectivity index (χ4n) is 9.55. The summed E-state index contributed by atoms with van der Waals surface area (Å²) in [5.74, 6) is -0.0907. The topological polar surface area (TPSA) is 95.9 Å². The number of aliphatic hydroxyl groups is 2. The smallest absolute Gasteiger partial charge is 0.305 e. The predicted octanol–water partition coefficient (Wildman–Crippen LogP) is 19.0. The Morgan fingerprint density at radius 2 is 0.735 bits per heavy atom. The summed E-state index contributed by atoms with van der Waals surface area (Å²) < 4.78 is 5.47. The molecule has 0 rings (SSSR count). The van der Waals surface area contributed by atoms with E-state index in [-0.39, 0.29) is 18.5 Å².